The highest BCUT2D eigenvalue weighted by atomic mass is 79.9. The van der Waals surface area contributed by atoms with Crippen LogP contribution in [0.15, 0.2) is 28.7 Å². The fourth-order valence-corrected chi connectivity index (χ4v) is 1.09. The predicted molar refractivity (Wildman–Crippen MR) is 52.4 cm³/mol. The average molecular weight is 283 g/mol. The molecule has 1 rings (SSSR count). The standard InChI is InChI=1S/C8H6BrF3N2O/c9-5-1-3-6(4-2-5)13-7(15)14-8(10,11)12/h1-4H,(H2,13,14,15). The monoisotopic (exact) mass is 282 g/mol. The van der Waals surface area contributed by atoms with Crippen molar-refractivity contribution >= 4 is 27.6 Å². The molecule has 0 fully saturated rings. The summed E-state index contributed by atoms with van der Waals surface area (Å²) in [6.45, 7) is 0. The van der Waals surface area contributed by atoms with Gasteiger partial charge in [-0.2, -0.15) is 13.2 Å². The Balaban J connectivity index is 2.55. The number of carbonyl (C=O) groups excluding carboxylic acids is 1. The molecule has 82 valence electrons. The van der Waals surface area contributed by atoms with Crippen molar-refractivity contribution in [1.29, 1.82) is 0 Å². The highest BCUT2D eigenvalue weighted by Crippen LogP contribution is 2.15. The molecule has 0 aliphatic carbocycles. The molecule has 0 radical (unpaired) electrons. The first-order chi connectivity index (χ1) is 6.87. The molecule has 0 aliphatic rings. The summed E-state index contributed by atoms with van der Waals surface area (Å²) >= 11 is 3.15. The third-order valence-electron chi connectivity index (χ3n) is 1.36. The molecule has 0 heterocycles. The highest BCUT2D eigenvalue weighted by molar-refractivity contribution is 9.10. The summed E-state index contributed by atoms with van der Waals surface area (Å²) in [4.78, 5) is 10.8. The van der Waals surface area contributed by atoms with Gasteiger partial charge in [0.2, 0.25) is 0 Å². The zero-order valence-electron chi connectivity index (χ0n) is 7.23. The van der Waals surface area contributed by atoms with Gasteiger partial charge in [-0.3, -0.25) is 0 Å². The summed E-state index contributed by atoms with van der Waals surface area (Å²) in [7, 11) is 0. The molecular weight excluding hydrogens is 277 g/mol. The fourth-order valence-electron chi connectivity index (χ4n) is 0.824. The number of rotatable bonds is 1. The van der Waals surface area contributed by atoms with E-state index in [0.717, 1.165) is 9.79 Å². The van der Waals surface area contributed by atoms with Gasteiger partial charge in [-0.15, -0.1) is 0 Å². The van der Waals surface area contributed by atoms with Gasteiger partial charge in [0.25, 0.3) is 0 Å². The van der Waals surface area contributed by atoms with Crippen LogP contribution in [0.5, 0.6) is 0 Å². The van der Waals surface area contributed by atoms with E-state index >= 15 is 0 Å². The number of amides is 2. The number of halogens is 4. The van der Waals surface area contributed by atoms with E-state index in [1.807, 2.05) is 5.32 Å². The maximum atomic E-state index is 11.7. The van der Waals surface area contributed by atoms with Crippen molar-refractivity contribution < 1.29 is 18.0 Å². The SMILES string of the molecule is O=C(Nc1ccc(Br)cc1)NC(F)(F)F. The van der Waals surface area contributed by atoms with Crippen LogP contribution in [0.3, 0.4) is 0 Å². The van der Waals surface area contributed by atoms with Gasteiger partial charge in [0, 0.05) is 10.2 Å². The normalized spacial score (nSPS) is 10.9. The summed E-state index contributed by atoms with van der Waals surface area (Å²) in [5.41, 5.74) is 0.278. The van der Waals surface area contributed by atoms with Crippen LogP contribution in [-0.4, -0.2) is 12.3 Å². The van der Waals surface area contributed by atoms with Crippen LogP contribution in [0.1, 0.15) is 0 Å². The van der Waals surface area contributed by atoms with E-state index in [1.165, 1.54) is 12.1 Å². The van der Waals surface area contributed by atoms with Crippen LogP contribution in [0.25, 0.3) is 0 Å². The van der Waals surface area contributed by atoms with Crippen molar-refractivity contribution in [2.45, 2.75) is 6.30 Å². The third-order valence-corrected chi connectivity index (χ3v) is 1.89. The lowest BCUT2D eigenvalue weighted by Gasteiger charge is -2.09. The largest absolute Gasteiger partial charge is 0.485 e. The lowest BCUT2D eigenvalue weighted by atomic mass is 10.3. The third kappa shape index (κ3) is 4.68. The van der Waals surface area contributed by atoms with Crippen LogP contribution in [0.4, 0.5) is 23.7 Å². The molecule has 2 N–H and O–H groups in total. The minimum absolute atomic E-state index is 0.278. The molecule has 0 aliphatic heterocycles. The van der Waals surface area contributed by atoms with E-state index in [0.29, 0.717) is 0 Å². The summed E-state index contributed by atoms with van der Waals surface area (Å²) < 4.78 is 35.8. The smallest absolute Gasteiger partial charge is 0.308 e. The first-order valence-corrected chi connectivity index (χ1v) is 4.57. The van der Waals surface area contributed by atoms with Crippen LogP contribution in [-0.2, 0) is 0 Å². The molecule has 1 aromatic carbocycles. The highest BCUT2D eigenvalue weighted by Gasteiger charge is 2.29. The number of hydrogen-bond acceptors (Lipinski definition) is 1. The number of nitrogens with one attached hydrogen (secondary N) is 2. The topological polar surface area (TPSA) is 41.1 Å². The molecular formula is C8H6BrF3N2O. The van der Waals surface area contributed by atoms with Gasteiger partial charge < -0.3 is 5.32 Å². The molecule has 0 atom stereocenters. The minimum Gasteiger partial charge on any atom is -0.308 e. The van der Waals surface area contributed by atoms with Gasteiger partial charge in [0.05, 0.1) is 0 Å². The number of carbonyl (C=O) groups is 1. The van der Waals surface area contributed by atoms with Crippen molar-refractivity contribution in [3.63, 3.8) is 0 Å². The fraction of sp³-hybridized carbons (Fsp3) is 0.125. The maximum Gasteiger partial charge on any atom is 0.485 e. The van der Waals surface area contributed by atoms with Gasteiger partial charge in [0.15, 0.2) is 0 Å². The molecule has 0 aromatic heterocycles. The van der Waals surface area contributed by atoms with Crippen molar-refractivity contribution in [3.8, 4) is 0 Å². The van der Waals surface area contributed by atoms with Crippen LogP contribution >= 0.6 is 15.9 Å². The Kier molecular flexibility index (Phi) is 3.57. The number of hydrogen-bond donors (Lipinski definition) is 2. The first-order valence-electron chi connectivity index (χ1n) is 3.78. The second kappa shape index (κ2) is 4.52. The second-order valence-corrected chi connectivity index (χ2v) is 3.50. The van der Waals surface area contributed by atoms with Gasteiger partial charge in [-0.25, -0.2) is 10.1 Å². The molecule has 0 saturated carbocycles. The van der Waals surface area contributed by atoms with Crippen molar-refractivity contribution in [3.05, 3.63) is 28.7 Å². The molecule has 0 saturated heterocycles. The van der Waals surface area contributed by atoms with Crippen LogP contribution in [0, 0.1) is 0 Å². The van der Waals surface area contributed by atoms with Gasteiger partial charge >= 0.3 is 12.3 Å². The molecule has 1 aromatic rings. The minimum atomic E-state index is -4.72. The van der Waals surface area contributed by atoms with E-state index in [1.54, 1.807) is 12.1 Å². The number of benzene rings is 1. The summed E-state index contributed by atoms with van der Waals surface area (Å²) in [6.07, 6.45) is -4.72. The average Bonchev–Trinajstić information content (AvgIpc) is 2.05. The zero-order chi connectivity index (χ0) is 11.5. The van der Waals surface area contributed by atoms with E-state index < -0.39 is 12.3 Å². The predicted octanol–water partition coefficient (Wildman–Crippen LogP) is 3.09. The van der Waals surface area contributed by atoms with Gasteiger partial charge in [-0.05, 0) is 24.3 Å². The summed E-state index contributed by atoms with van der Waals surface area (Å²) in [6, 6.07) is 4.83. The van der Waals surface area contributed by atoms with Crippen molar-refractivity contribution in [1.82, 2.24) is 5.32 Å². The first kappa shape index (κ1) is 11.8. The molecule has 0 unspecified atom stereocenters. The molecule has 0 spiro atoms. The summed E-state index contributed by atoms with van der Waals surface area (Å²) in [5, 5.41) is 2.86. The molecule has 15 heavy (non-hydrogen) atoms. The molecule has 7 heteroatoms. The number of anilines is 1. The van der Waals surface area contributed by atoms with Gasteiger partial charge in [0.1, 0.15) is 0 Å². The Morgan fingerprint density at radius 3 is 2.20 bits per heavy atom. The number of alkyl halides is 3. The lowest BCUT2D eigenvalue weighted by molar-refractivity contribution is -0.144. The Labute approximate surface area is 91.8 Å². The molecule has 0 bridgehead atoms. The Bertz CT molecular complexity index is 350. The van der Waals surface area contributed by atoms with Crippen molar-refractivity contribution in [2.24, 2.45) is 0 Å². The molecule has 3 nitrogen and oxygen atoms in total. The Morgan fingerprint density at radius 2 is 1.73 bits per heavy atom. The van der Waals surface area contributed by atoms with E-state index in [9.17, 15) is 18.0 Å². The van der Waals surface area contributed by atoms with Gasteiger partial charge in [-0.1, -0.05) is 15.9 Å². The lowest BCUT2D eigenvalue weighted by Crippen LogP contribution is -2.40. The van der Waals surface area contributed by atoms with Crippen LogP contribution < -0.4 is 10.6 Å². The van der Waals surface area contributed by atoms with E-state index in [-0.39, 0.29) is 5.69 Å². The number of urea groups is 1. The van der Waals surface area contributed by atoms with Crippen LogP contribution in [0.2, 0.25) is 0 Å². The summed E-state index contributed by atoms with van der Waals surface area (Å²) in [5.74, 6) is 0. The van der Waals surface area contributed by atoms with E-state index in [2.05, 4.69) is 15.9 Å². The molecule has 2 amide bonds. The van der Waals surface area contributed by atoms with Crippen molar-refractivity contribution in [2.75, 3.05) is 5.32 Å². The second-order valence-electron chi connectivity index (χ2n) is 2.58. The maximum absolute atomic E-state index is 11.7. The zero-order valence-corrected chi connectivity index (χ0v) is 8.82. The Morgan fingerprint density at radius 1 is 1.20 bits per heavy atom. The van der Waals surface area contributed by atoms with E-state index in [4.69, 9.17) is 0 Å². The quantitative estimate of drug-likeness (QED) is 0.764. The Hall–Kier alpha value is -1.24.